The second kappa shape index (κ2) is 62.6. The zero-order valence-corrected chi connectivity index (χ0v) is 49.0. The molecule has 0 aliphatic carbocycles. The first-order valence-corrected chi connectivity index (χ1v) is 31.4. The van der Waals surface area contributed by atoms with Crippen LogP contribution in [0.3, 0.4) is 0 Å². The molecule has 0 N–H and O–H groups in total. The molecule has 0 fully saturated rings. The summed E-state index contributed by atoms with van der Waals surface area (Å²) in [6, 6.07) is 0. The first kappa shape index (κ1) is 71.1. The number of hydrogen-bond acceptors (Lipinski definition) is 6. The molecule has 0 aliphatic heterocycles. The molecule has 0 radical (unpaired) electrons. The Balaban J connectivity index is 4.15. The quantitative estimate of drug-likeness (QED) is 0.0261. The Morgan fingerprint density at radius 3 is 0.840 bits per heavy atom. The molecular formula is C69H116O6. The van der Waals surface area contributed by atoms with Gasteiger partial charge < -0.3 is 14.2 Å². The second-order valence-corrected chi connectivity index (χ2v) is 20.6. The highest BCUT2D eigenvalue weighted by molar-refractivity contribution is 5.71. The molecule has 0 aromatic carbocycles. The molecule has 6 heteroatoms. The van der Waals surface area contributed by atoms with Gasteiger partial charge in [-0.2, -0.15) is 0 Å². The van der Waals surface area contributed by atoms with E-state index >= 15 is 0 Å². The summed E-state index contributed by atoms with van der Waals surface area (Å²) in [7, 11) is 0. The normalized spacial score (nSPS) is 12.8. The lowest BCUT2D eigenvalue weighted by Gasteiger charge is -2.18. The molecule has 0 aromatic heterocycles. The summed E-state index contributed by atoms with van der Waals surface area (Å²) in [5.41, 5.74) is 0. The Kier molecular flexibility index (Phi) is 59.3. The average molecular weight is 1040 g/mol. The van der Waals surface area contributed by atoms with Gasteiger partial charge in [0.15, 0.2) is 6.10 Å². The van der Waals surface area contributed by atoms with E-state index in [9.17, 15) is 14.4 Å². The average Bonchev–Trinajstić information content (AvgIpc) is 3.41. The number of carbonyl (C=O) groups is 3. The molecule has 0 saturated carbocycles. The lowest BCUT2D eigenvalue weighted by atomic mass is 10.1. The van der Waals surface area contributed by atoms with Crippen molar-refractivity contribution in [3.8, 4) is 0 Å². The standard InChI is InChI=1S/C69H116O6/c1-4-7-10-13-16-18-20-22-24-26-28-29-30-31-32-33-34-35-36-37-38-39-41-42-44-46-48-50-53-56-59-62-68(71)74-65-66(64-73-67(70)61-58-55-52-15-12-9-6-3)75-69(72)63-60-57-54-51-49-47-45-43-40-27-25-23-21-19-17-14-11-8-5-2/h7,10,16-19,22-25,28-29,31-32,34-35,37-38,66H,4-6,8-9,11-15,20-21,26-27,30,33,36,39-65H2,1-3H3/b10-7-,18-16-,19-17-,24-22-,25-23-,29-28-,32-31-,35-34-,38-37-. The van der Waals surface area contributed by atoms with Crippen molar-refractivity contribution in [2.45, 2.75) is 297 Å². The summed E-state index contributed by atoms with van der Waals surface area (Å²) in [5.74, 6) is -0.893. The monoisotopic (exact) mass is 1040 g/mol. The molecule has 0 spiro atoms. The van der Waals surface area contributed by atoms with Crippen LogP contribution in [0.1, 0.15) is 290 Å². The van der Waals surface area contributed by atoms with Gasteiger partial charge in [-0.05, 0) is 109 Å². The summed E-state index contributed by atoms with van der Waals surface area (Å²) < 4.78 is 16.8. The van der Waals surface area contributed by atoms with Gasteiger partial charge in [-0.15, -0.1) is 0 Å². The number of hydrogen-bond donors (Lipinski definition) is 0. The third kappa shape index (κ3) is 60.8. The Labute approximate surface area is 463 Å². The van der Waals surface area contributed by atoms with Gasteiger partial charge in [0.25, 0.3) is 0 Å². The van der Waals surface area contributed by atoms with Crippen molar-refractivity contribution >= 4 is 17.9 Å². The Morgan fingerprint density at radius 2 is 0.520 bits per heavy atom. The summed E-state index contributed by atoms with van der Waals surface area (Å²) in [4.78, 5) is 38.0. The van der Waals surface area contributed by atoms with Crippen molar-refractivity contribution in [2.24, 2.45) is 0 Å². The predicted molar refractivity (Wildman–Crippen MR) is 325 cm³/mol. The molecule has 0 bridgehead atoms. The third-order valence-corrected chi connectivity index (χ3v) is 13.3. The Hall–Kier alpha value is -3.93. The maximum atomic E-state index is 12.8. The van der Waals surface area contributed by atoms with Crippen LogP contribution in [-0.4, -0.2) is 37.2 Å². The van der Waals surface area contributed by atoms with Gasteiger partial charge in [-0.1, -0.05) is 271 Å². The number of carbonyl (C=O) groups excluding carboxylic acids is 3. The van der Waals surface area contributed by atoms with Gasteiger partial charge in [0, 0.05) is 19.3 Å². The van der Waals surface area contributed by atoms with Crippen LogP contribution in [0.25, 0.3) is 0 Å². The SMILES string of the molecule is CC/C=C\C/C=C\C/C=C\C/C=C\C/C=C\C/C=C\C/C=C\CCCCCCCCCCCC(=O)OCC(COC(=O)CCCCCCCCC)OC(=O)CCCCCCCCCCC/C=C\C/C=C\CCCCC. The van der Waals surface area contributed by atoms with Crippen molar-refractivity contribution in [1.82, 2.24) is 0 Å². The fourth-order valence-corrected chi connectivity index (χ4v) is 8.57. The number of allylic oxidation sites excluding steroid dienone is 18. The highest BCUT2D eigenvalue weighted by Gasteiger charge is 2.19. The topological polar surface area (TPSA) is 78.9 Å². The van der Waals surface area contributed by atoms with Crippen molar-refractivity contribution < 1.29 is 28.6 Å². The summed E-state index contributed by atoms with van der Waals surface area (Å²) in [6.45, 7) is 6.46. The lowest BCUT2D eigenvalue weighted by molar-refractivity contribution is -0.167. The minimum Gasteiger partial charge on any atom is -0.462 e. The molecular weight excluding hydrogens is 925 g/mol. The van der Waals surface area contributed by atoms with Gasteiger partial charge in [-0.3, -0.25) is 14.4 Å². The first-order valence-electron chi connectivity index (χ1n) is 31.4. The van der Waals surface area contributed by atoms with Gasteiger partial charge in [-0.25, -0.2) is 0 Å². The summed E-state index contributed by atoms with van der Waals surface area (Å²) in [5, 5.41) is 0. The molecule has 0 saturated heterocycles. The minimum absolute atomic E-state index is 0.0804. The summed E-state index contributed by atoms with van der Waals surface area (Å²) >= 11 is 0. The number of rotatable bonds is 56. The number of ether oxygens (including phenoxy) is 3. The minimum atomic E-state index is -0.781. The molecule has 428 valence electrons. The first-order chi connectivity index (χ1) is 37.0. The van der Waals surface area contributed by atoms with Gasteiger partial charge in [0.2, 0.25) is 0 Å². The van der Waals surface area contributed by atoms with E-state index in [1.165, 1.54) is 135 Å². The molecule has 1 atom stereocenters. The van der Waals surface area contributed by atoms with Crippen molar-refractivity contribution in [3.63, 3.8) is 0 Å². The molecule has 1 unspecified atom stereocenters. The molecule has 0 heterocycles. The van der Waals surface area contributed by atoms with Crippen LogP contribution in [-0.2, 0) is 28.6 Å². The fourth-order valence-electron chi connectivity index (χ4n) is 8.57. The zero-order valence-electron chi connectivity index (χ0n) is 49.0. The molecule has 0 aromatic rings. The maximum absolute atomic E-state index is 12.8. The van der Waals surface area contributed by atoms with Crippen LogP contribution in [0.4, 0.5) is 0 Å². The van der Waals surface area contributed by atoms with Crippen LogP contribution in [0.2, 0.25) is 0 Å². The predicted octanol–water partition coefficient (Wildman–Crippen LogP) is 21.4. The van der Waals surface area contributed by atoms with Gasteiger partial charge in [0.05, 0.1) is 0 Å². The van der Waals surface area contributed by atoms with E-state index in [0.717, 1.165) is 116 Å². The van der Waals surface area contributed by atoms with E-state index < -0.39 is 6.10 Å². The van der Waals surface area contributed by atoms with Crippen LogP contribution < -0.4 is 0 Å². The van der Waals surface area contributed by atoms with Crippen LogP contribution in [0.5, 0.6) is 0 Å². The molecule has 0 rings (SSSR count). The largest absolute Gasteiger partial charge is 0.462 e. The van der Waals surface area contributed by atoms with E-state index in [1.807, 2.05) is 0 Å². The molecule has 75 heavy (non-hydrogen) atoms. The molecule has 0 aliphatic rings. The van der Waals surface area contributed by atoms with Crippen molar-refractivity contribution in [3.05, 3.63) is 109 Å². The number of unbranched alkanes of at least 4 members (excludes halogenated alkanes) is 27. The van der Waals surface area contributed by atoms with E-state index in [4.69, 9.17) is 14.2 Å². The number of esters is 3. The molecule has 6 nitrogen and oxygen atoms in total. The highest BCUT2D eigenvalue weighted by atomic mass is 16.6. The van der Waals surface area contributed by atoms with E-state index in [-0.39, 0.29) is 31.1 Å². The fraction of sp³-hybridized carbons (Fsp3) is 0.696. The third-order valence-electron chi connectivity index (χ3n) is 13.3. The Morgan fingerprint density at radius 1 is 0.280 bits per heavy atom. The van der Waals surface area contributed by atoms with Crippen molar-refractivity contribution in [1.29, 1.82) is 0 Å². The van der Waals surface area contributed by atoms with Crippen LogP contribution in [0, 0.1) is 0 Å². The smallest absolute Gasteiger partial charge is 0.306 e. The lowest BCUT2D eigenvalue weighted by Crippen LogP contribution is -2.30. The highest BCUT2D eigenvalue weighted by Crippen LogP contribution is 2.15. The Bertz CT molecular complexity index is 1520. The summed E-state index contributed by atoms with van der Waals surface area (Å²) in [6.07, 6.45) is 85.4. The van der Waals surface area contributed by atoms with Gasteiger partial charge >= 0.3 is 17.9 Å². The zero-order chi connectivity index (χ0) is 54.3. The maximum Gasteiger partial charge on any atom is 0.306 e. The van der Waals surface area contributed by atoms with Crippen LogP contribution >= 0.6 is 0 Å². The van der Waals surface area contributed by atoms with Crippen molar-refractivity contribution in [2.75, 3.05) is 13.2 Å². The van der Waals surface area contributed by atoms with E-state index in [2.05, 4.69) is 130 Å². The van der Waals surface area contributed by atoms with E-state index in [1.54, 1.807) is 0 Å². The second-order valence-electron chi connectivity index (χ2n) is 20.6. The van der Waals surface area contributed by atoms with Crippen LogP contribution in [0.15, 0.2) is 109 Å². The van der Waals surface area contributed by atoms with Gasteiger partial charge in [0.1, 0.15) is 13.2 Å². The molecule has 0 amide bonds. The van der Waals surface area contributed by atoms with E-state index in [0.29, 0.717) is 19.3 Å².